The molecule has 1 saturated heterocycles. The van der Waals surface area contributed by atoms with Gasteiger partial charge >= 0.3 is 0 Å². The number of piperidine rings is 1. The van der Waals surface area contributed by atoms with Gasteiger partial charge in [0, 0.05) is 31.1 Å². The molecular weight excluding hydrogens is 228 g/mol. The Morgan fingerprint density at radius 3 is 2.89 bits per heavy atom. The highest BCUT2D eigenvalue weighted by atomic mass is 16.1. The Bertz CT molecular complexity index is 494. The third kappa shape index (κ3) is 2.27. The number of nitrogens with zero attached hydrogens (tertiary/aromatic N) is 2. The Hall–Kier alpha value is -1.36. The molecule has 2 atom stereocenters. The molecule has 1 aliphatic carbocycles. The highest BCUT2D eigenvalue weighted by molar-refractivity contribution is 5.39. The topological polar surface area (TPSA) is 75.0 Å². The van der Waals surface area contributed by atoms with Gasteiger partial charge in [0.15, 0.2) is 0 Å². The van der Waals surface area contributed by atoms with Crippen molar-refractivity contribution in [1.82, 2.24) is 9.97 Å². The average molecular weight is 248 g/mol. The van der Waals surface area contributed by atoms with Crippen LogP contribution in [0.25, 0.3) is 0 Å². The van der Waals surface area contributed by atoms with Crippen molar-refractivity contribution in [1.29, 1.82) is 0 Å². The Kier molecular flexibility index (Phi) is 2.86. The van der Waals surface area contributed by atoms with Crippen molar-refractivity contribution >= 4 is 5.82 Å². The zero-order chi connectivity index (χ0) is 12.7. The van der Waals surface area contributed by atoms with Gasteiger partial charge in [0.05, 0.1) is 0 Å². The van der Waals surface area contributed by atoms with Crippen LogP contribution in [0.5, 0.6) is 0 Å². The van der Waals surface area contributed by atoms with E-state index in [1.807, 2.05) is 0 Å². The van der Waals surface area contributed by atoms with E-state index < -0.39 is 0 Å². The van der Waals surface area contributed by atoms with Gasteiger partial charge in [-0.05, 0) is 25.2 Å². The van der Waals surface area contributed by atoms with Crippen molar-refractivity contribution in [2.75, 3.05) is 18.0 Å². The molecule has 1 saturated carbocycles. The van der Waals surface area contributed by atoms with Gasteiger partial charge in [0.25, 0.3) is 5.56 Å². The van der Waals surface area contributed by atoms with Crippen molar-refractivity contribution in [2.45, 2.75) is 38.1 Å². The molecule has 0 amide bonds. The predicted octanol–water partition coefficient (Wildman–Crippen LogP) is 0.821. The number of nitrogens with two attached hydrogens (primary N) is 1. The number of aromatic nitrogens is 2. The first-order chi connectivity index (χ1) is 8.63. The molecular formula is C13H20N4O. The van der Waals surface area contributed by atoms with Gasteiger partial charge in [-0.3, -0.25) is 4.79 Å². The second-order valence-electron chi connectivity index (χ2n) is 5.64. The van der Waals surface area contributed by atoms with Crippen LogP contribution in [0, 0.1) is 5.92 Å². The van der Waals surface area contributed by atoms with E-state index >= 15 is 0 Å². The monoisotopic (exact) mass is 248 g/mol. The molecule has 98 valence electrons. The number of H-pyrrole nitrogens is 1. The van der Waals surface area contributed by atoms with E-state index in [0.717, 1.165) is 44.0 Å². The van der Waals surface area contributed by atoms with Crippen LogP contribution in [0.4, 0.5) is 5.82 Å². The smallest absolute Gasteiger partial charge is 0.252 e. The Balaban J connectivity index is 1.85. The third-order valence-corrected chi connectivity index (χ3v) is 4.05. The summed E-state index contributed by atoms with van der Waals surface area (Å²) in [6.45, 7) is 3.92. The van der Waals surface area contributed by atoms with Crippen LogP contribution < -0.4 is 16.2 Å². The molecule has 2 heterocycles. The summed E-state index contributed by atoms with van der Waals surface area (Å²) < 4.78 is 0. The first kappa shape index (κ1) is 11.7. The van der Waals surface area contributed by atoms with Crippen molar-refractivity contribution in [3.63, 3.8) is 0 Å². The lowest BCUT2D eigenvalue weighted by atomic mass is 9.94. The van der Waals surface area contributed by atoms with Gasteiger partial charge in [-0.15, -0.1) is 0 Å². The van der Waals surface area contributed by atoms with Gasteiger partial charge in [-0.1, -0.05) is 6.92 Å². The molecule has 2 unspecified atom stereocenters. The van der Waals surface area contributed by atoms with Crippen molar-refractivity contribution in [3.8, 4) is 0 Å². The number of hydrogen-bond acceptors (Lipinski definition) is 4. The number of hydrogen-bond donors (Lipinski definition) is 2. The standard InChI is InChI=1S/C13H20N4O/c1-8-4-5-17(7-10(8)14)11-6-12(18)16-13(15-11)9-2-3-9/h6,8-10H,2-5,7,14H2,1H3,(H,15,16,18). The Labute approximate surface area is 106 Å². The SMILES string of the molecule is CC1CCN(c2cc(=O)[nH]c(C3CC3)n2)CC1N. The van der Waals surface area contributed by atoms with E-state index in [9.17, 15) is 4.79 Å². The lowest BCUT2D eigenvalue weighted by Gasteiger charge is -2.35. The summed E-state index contributed by atoms with van der Waals surface area (Å²) in [5, 5.41) is 0. The van der Waals surface area contributed by atoms with E-state index in [1.165, 1.54) is 0 Å². The van der Waals surface area contributed by atoms with Gasteiger partial charge in [0.2, 0.25) is 0 Å². The Morgan fingerprint density at radius 2 is 2.22 bits per heavy atom. The number of aromatic amines is 1. The third-order valence-electron chi connectivity index (χ3n) is 4.05. The molecule has 3 rings (SSSR count). The van der Waals surface area contributed by atoms with Crippen molar-refractivity contribution < 1.29 is 0 Å². The van der Waals surface area contributed by atoms with E-state index in [1.54, 1.807) is 6.07 Å². The molecule has 1 aromatic heterocycles. The predicted molar refractivity (Wildman–Crippen MR) is 70.8 cm³/mol. The first-order valence-corrected chi connectivity index (χ1v) is 6.75. The summed E-state index contributed by atoms with van der Waals surface area (Å²) >= 11 is 0. The van der Waals surface area contributed by atoms with Crippen LogP contribution in [0.3, 0.4) is 0 Å². The fourth-order valence-corrected chi connectivity index (χ4v) is 2.48. The lowest BCUT2D eigenvalue weighted by Crippen LogP contribution is -2.48. The van der Waals surface area contributed by atoms with Crippen LogP contribution in [0.2, 0.25) is 0 Å². The molecule has 5 nitrogen and oxygen atoms in total. The van der Waals surface area contributed by atoms with Crippen molar-refractivity contribution in [2.24, 2.45) is 11.7 Å². The number of anilines is 1. The highest BCUT2D eigenvalue weighted by Crippen LogP contribution is 2.38. The van der Waals surface area contributed by atoms with Gasteiger partial charge in [0.1, 0.15) is 11.6 Å². The maximum atomic E-state index is 11.7. The van der Waals surface area contributed by atoms with Crippen LogP contribution in [0.15, 0.2) is 10.9 Å². The Morgan fingerprint density at radius 1 is 1.44 bits per heavy atom. The van der Waals surface area contributed by atoms with Crippen molar-refractivity contribution in [3.05, 3.63) is 22.2 Å². The molecule has 2 aliphatic rings. The van der Waals surface area contributed by atoms with Crippen LogP contribution >= 0.6 is 0 Å². The number of nitrogens with one attached hydrogen (secondary N) is 1. The molecule has 1 aliphatic heterocycles. The van der Waals surface area contributed by atoms with Crippen LogP contribution in [-0.4, -0.2) is 29.1 Å². The summed E-state index contributed by atoms with van der Waals surface area (Å²) in [6.07, 6.45) is 3.35. The fourth-order valence-electron chi connectivity index (χ4n) is 2.48. The molecule has 0 radical (unpaired) electrons. The number of rotatable bonds is 2. The molecule has 3 N–H and O–H groups in total. The minimum absolute atomic E-state index is 0.0471. The average Bonchev–Trinajstić information content (AvgIpc) is 3.16. The second kappa shape index (κ2) is 4.39. The maximum Gasteiger partial charge on any atom is 0.252 e. The fraction of sp³-hybridized carbons (Fsp3) is 0.692. The molecule has 5 heteroatoms. The summed E-state index contributed by atoms with van der Waals surface area (Å²) in [5.41, 5.74) is 6.05. The molecule has 2 fully saturated rings. The van der Waals surface area contributed by atoms with E-state index in [0.29, 0.717) is 11.8 Å². The normalized spacial score (nSPS) is 28.4. The summed E-state index contributed by atoms with van der Waals surface area (Å²) in [5.74, 6) is 2.66. The largest absolute Gasteiger partial charge is 0.355 e. The molecule has 0 aromatic carbocycles. The van der Waals surface area contributed by atoms with E-state index in [4.69, 9.17) is 5.73 Å². The maximum absolute atomic E-state index is 11.7. The molecule has 0 bridgehead atoms. The zero-order valence-electron chi connectivity index (χ0n) is 10.7. The highest BCUT2D eigenvalue weighted by Gasteiger charge is 2.28. The lowest BCUT2D eigenvalue weighted by molar-refractivity contribution is 0.377. The van der Waals surface area contributed by atoms with E-state index in [-0.39, 0.29) is 11.6 Å². The molecule has 1 aromatic rings. The van der Waals surface area contributed by atoms with Gasteiger partial charge < -0.3 is 15.6 Å². The zero-order valence-corrected chi connectivity index (χ0v) is 10.7. The molecule has 18 heavy (non-hydrogen) atoms. The second-order valence-corrected chi connectivity index (χ2v) is 5.64. The van der Waals surface area contributed by atoms with Crippen LogP contribution in [-0.2, 0) is 0 Å². The summed E-state index contributed by atoms with van der Waals surface area (Å²) in [4.78, 5) is 21.3. The van der Waals surface area contributed by atoms with Gasteiger partial charge in [-0.25, -0.2) is 4.98 Å². The summed E-state index contributed by atoms with van der Waals surface area (Å²) in [7, 11) is 0. The van der Waals surface area contributed by atoms with Crippen LogP contribution in [0.1, 0.15) is 37.9 Å². The minimum atomic E-state index is -0.0471. The van der Waals surface area contributed by atoms with E-state index in [2.05, 4.69) is 21.8 Å². The minimum Gasteiger partial charge on any atom is -0.355 e. The summed E-state index contributed by atoms with van der Waals surface area (Å²) in [6, 6.07) is 1.76. The van der Waals surface area contributed by atoms with Gasteiger partial charge in [-0.2, -0.15) is 0 Å². The quantitative estimate of drug-likeness (QED) is 0.812. The molecule has 0 spiro atoms. The first-order valence-electron chi connectivity index (χ1n) is 6.75.